The van der Waals surface area contributed by atoms with E-state index in [1.54, 1.807) is 19.1 Å². The summed E-state index contributed by atoms with van der Waals surface area (Å²) in [6, 6.07) is 12.1. The maximum absolute atomic E-state index is 11.8. The molecule has 0 aliphatic heterocycles. The molecule has 9 heteroatoms. The third-order valence-corrected chi connectivity index (χ3v) is 3.80. The number of hydrogen-bond donors (Lipinski definition) is 1. The van der Waals surface area contributed by atoms with Gasteiger partial charge >= 0.3 is 5.63 Å². The fourth-order valence-corrected chi connectivity index (χ4v) is 2.44. The molecule has 0 atom stereocenters. The first-order valence-corrected chi connectivity index (χ1v) is 8.16. The lowest BCUT2D eigenvalue weighted by molar-refractivity contribution is -0.384. The van der Waals surface area contributed by atoms with Crippen molar-refractivity contribution in [1.82, 2.24) is 5.43 Å². The number of hydrogen-bond acceptors (Lipinski definition) is 7. The molecule has 1 N–H and O–H groups in total. The van der Waals surface area contributed by atoms with Gasteiger partial charge in [0.05, 0.1) is 11.1 Å². The molecule has 0 aliphatic rings. The maximum Gasteiger partial charge on any atom is 0.336 e. The summed E-state index contributed by atoms with van der Waals surface area (Å²) < 4.78 is 10.5. The van der Waals surface area contributed by atoms with Crippen LogP contribution in [0, 0.1) is 17.0 Å². The lowest BCUT2D eigenvalue weighted by atomic mass is 10.1. The van der Waals surface area contributed by atoms with Crippen molar-refractivity contribution < 1.29 is 18.9 Å². The molecule has 1 aromatic heterocycles. The van der Waals surface area contributed by atoms with E-state index >= 15 is 0 Å². The normalized spacial score (nSPS) is 10.9. The van der Waals surface area contributed by atoms with E-state index in [1.165, 1.54) is 42.6 Å². The Labute approximate surface area is 158 Å². The summed E-state index contributed by atoms with van der Waals surface area (Å²) in [5.74, 6) is -0.125. The summed E-state index contributed by atoms with van der Waals surface area (Å²) in [5, 5.41) is 15.1. The van der Waals surface area contributed by atoms with E-state index in [4.69, 9.17) is 9.15 Å². The highest BCUT2D eigenvalue weighted by molar-refractivity contribution is 5.83. The summed E-state index contributed by atoms with van der Waals surface area (Å²) in [6.45, 7) is 1.51. The fraction of sp³-hybridized carbons (Fsp3) is 0.105. The van der Waals surface area contributed by atoms with Crippen molar-refractivity contribution in [2.75, 3.05) is 6.61 Å². The quantitative estimate of drug-likeness (QED) is 0.303. The number of ether oxygens (including phenoxy) is 1. The van der Waals surface area contributed by atoms with Crippen LogP contribution in [0.3, 0.4) is 0 Å². The summed E-state index contributed by atoms with van der Waals surface area (Å²) in [4.78, 5) is 33.3. The molecule has 0 bridgehead atoms. The third kappa shape index (κ3) is 4.58. The SMILES string of the molecule is Cc1cc(=O)oc2cc(OCC(=O)NN=Cc3ccc([N+](=O)[O-])cc3)ccc12. The number of nitrogens with zero attached hydrogens (tertiary/aromatic N) is 2. The van der Waals surface area contributed by atoms with E-state index < -0.39 is 16.5 Å². The first kappa shape index (κ1) is 18.8. The molecule has 9 nitrogen and oxygen atoms in total. The van der Waals surface area contributed by atoms with Crippen LogP contribution in [0.15, 0.2) is 62.8 Å². The number of carbonyl (C=O) groups excluding carboxylic acids is 1. The number of nitro groups is 1. The molecule has 28 heavy (non-hydrogen) atoms. The van der Waals surface area contributed by atoms with Gasteiger partial charge in [-0.25, -0.2) is 10.2 Å². The van der Waals surface area contributed by atoms with Crippen LogP contribution in [0.4, 0.5) is 5.69 Å². The predicted molar refractivity (Wildman–Crippen MR) is 102 cm³/mol. The zero-order valence-corrected chi connectivity index (χ0v) is 14.7. The molecule has 0 fully saturated rings. The molecular weight excluding hydrogens is 366 g/mol. The van der Waals surface area contributed by atoms with Crippen LogP contribution in [0.25, 0.3) is 11.0 Å². The number of nitrogens with one attached hydrogen (secondary N) is 1. The van der Waals surface area contributed by atoms with Gasteiger partial charge in [0.1, 0.15) is 11.3 Å². The molecule has 0 aliphatic carbocycles. The topological polar surface area (TPSA) is 124 Å². The van der Waals surface area contributed by atoms with Crippen LogP contribution >= 0.6 is 0 Å². The van der Waals surface area contributed by atoms with Crippen LogP contribution in [0.1, 0.15) is 11.1 Å². The molecule has 3 aromatic rings. The summed E-state index contributed by atoms with van der Waals surface area (Å²) >= 11 is 0. The Bertz CT molecular complexity index is 1120. The maximum atomic E-state index is 11.8. The van der Waals surface area contributed by atoms with Gasteiger partial charge in [0, 0.05) is 29.7 Å². The van der Waals surface area contributed by atoms with E-state index in [1.807, 2.05) is 0 Å². The number of rotatable bonds is 6. The lowest BCUT2D eigenvalue weighted by Gasteiger charge is -2.06. The number of benzene rings is 2. The van der Waals surface area contributed by atoms with Crippen LogP contribution in [-0.4, -0.2) is 23.7 Å². The van der Waals surface area contributed by atoms with Gasteiger partial charge in [-0.15, -0.1) is 0 Å². The minimum absolute atomic E-state index is 0.0315. The molecule has 1 amide bonds. The van der Waals surface area contributed by atoms with Gasteiger partial charge in [-0.05, 0) is 42.3 Å². The zero-order chi connectivity index (χ0) is 20.1. The van der Waals surface area contributed by atoms with Crippen molar-refractivity contribution in [3.63, 3.8) is 0 Å². The van der Waals surface area contributed by atoms with Gasteiger partial charge in [-0.3, -0.25) is 14.9 Å². The van der Waals surface area contributed by atoms with E-state index in [0.717, 1.165) is 10.9 Å². The Morgan fingerprint density at radius 1 is 1.25 bits per heavy atom. The van der Waals surface area contributed by atoms with Crippen molar-refractivity contribution in [2.45, 2.75) is 6.92 Å². The second-order valence-corrected chi connectivity index (χ2v) is 5.84. The summed E-state index contributed by atoms with van der Waals surface area (Å²) in [6.07, 6.45) is 1.36. The zero-order valence-electron chi connectivity index (χ0n) is 14.7. The van der Waals surface area contributed by atoms with Crippen molar-refractivity contribution in [2.24, 2.45) is 5.10 Å². The number of aryl methyl sites for hydroxylation is 1. The van der Waals surface area contributed by atoms with Gasteiger partial charge in [0.25, 0.3) is 11.6 Å². The predicted octanol–water partition coefficient (Wildman–Crippen LogP) is 2.54. The Morgan fingerprint density at radius 3 is 2.71 bits per heavy atom. The highest BCUT2D eigenvalue weighted by Gasteiger charge is 2.06. The van der Waals surface area contributed by atoms with Gasteiger partial charge in [-0.2, -0.15) is 5.10 Å². The average Bonchev–Trinajstić information content (AvgIpc) is 2.66. The lowest BCUT2D eigenvalue weighted by Crippen LogP contribution is -2.24. The second kappa shape index (κ2) is 8.12. The van der Waals surface area contributed by atoms with Gasteiger partial charge in [0.2, 0.25) is 0 Å². The summed E-state index contributed by atoms with van der Waals surface area (Å²) in [5.41, 5.74) is 3.55. The third-order valence-electron chi connectivity index (χ3n) is 3.80. The molecule has 2 aromatic carbocycles. The van der Waals surface area contributed by atoms with Crippen LogP contribution < -0.4 is 15.8 Å². The number of carbonyl (C=O) groups is 1. The Kier molecular flexibility index (Phi) is 5.45. The first-order chi connectivity index (χ1) is 13.4. The second-order valence-electron chi connectivity index (χ2n) is 5.84. The van der Waals surface area contributed by atoms with Crippen LogP contribution in [0.5, 0.6) is 5.75 Å². The highest BCUT2D eigenvalue weighted by atomic mass is 16.6. The van der Waals surface area contributed by atoms with Crippen molar-refractivity contribution in [3.8, 4) is 5.75 Å². The average molecular weight is 381 g/mol. The molecule has 0 spiro atoms. The molecule has 0 saturated carbocycles. The summed E-state index contributed by atoms with van der Waals surface area (Å²) in [7, 11) is 0. The molecule has 142 valence electrons. The van der Waals surface area contributed by atoms with Crippen molar-refractivity contribution >= 4 is 28.8 Å². The molecule has 0 unspecified atom stereocenters. The first-order valence-electron chi connectivity index (χ1n) is 8.16. The van der Waals surface area contributed by atoms with Crippen molar-refractivity contribution in [1.29, 1.82) is 0 Å². The van der Waals surface area contributed by atoms with Gasteiger partial charge < -0.3 is 9.15 Å². The van der Waals surface area contributed by atoms with E-state index in [2.05, 4.69) is 10.5 Å². The van der Waals surface area contributed by atoms with Crippen LogP contribution in [0.2, 0.25) is 0 Å². The van der Waals surface area contributed by atoms with Gasteiger partial charge in [-0.1, -0.05) is 0 Å². The number of fused-ring (bicyclic) bond motifs is 1. The number of nitro benzene ring substituents is 1. The Balaban J connectivity index is 1.56. The van der Waals surface area contributed by atoms with E-state index in [0.29, 0.717) is 16.9 Å². The molecule has 1 heterocycles. The minimum Gasteiger partial charge on any atom is -0.484 e. The van der Waals surface area contributed by atoms with E-state index in [9.17, 15) is 19.7 Å². The Morgan fingerprint density at radius 2 is 2.00 bits per heavy atom. The highest BCUT2D eigenvalue weighted by Crippen LogP contribution is 2.22. The fourth-order valence-electron chi connectivity index (χ4n) is 2.44. The van der Waals surface area contributed by atoms with Crippen LogP contribution in [-0.2, 0) is 4.79 Å². The standard InChI is InChI=1S/C19H15N3O6/c1-12-8-19(24)28-17-9-15(6-7-16(12)17)27-11-18(23)21-20-10-13-2-4-14(5-3-13)22(25)26/h2-10H,11H2,1H3,(H,21,23). The monoisotopic (exact) mass is 381 g/mol. The molecule has 0 radical (unpaired) electrons. The van der Waals surface area contributed by atoms with Gasteiger partial charge in [0.15, 0.2) is 6.61 Å². The number of non-ortho nitro benzene ring substituents is 1. The Hall–Kier alpha value is -4.01. The molecular formula is C19H15N3O6. The number of amides is 1. The minimum atomic E-state index is -0.501. The largest absolute Gasteiger partial charge is 0.484 e. The number of hydrazone groups is 1. The van der Waals surface area contributed by atoms with Crippen molar-refractivity contribution in [3.05, 3.63) is 80.2 Å². The smallest absolute Gasteiger partial charge is 0.336 e. The molecule has 3 rings (SSSR count). The molecule has 0 saturated heterocycles. The van der Waals surface area contributed by atoms with E-state index in [-0.39, 0.29) is 12.3 Å².